The molecule has 2 aromatic rings. The Hall–Kier alpha value is -2.15. The van der Waals surface area contributed by atoms with Crippen LogP contribution in [0.2, 0.25) is 0 Å². The van der Waals surface area contributed by atoms with Gasteiger partial charge < -0.3 is 5.32 Å². The largest absolute Gasteiger partial charge is 0.373 e. The zero-order valence-electron chi connectivity index (χ0n) is 11.7. The van der Waals surface area contributed by atoms with Crippen LogP contribution in [-0.4, -0.2) is 27.0 Å². The van der Waals surface area contributed by atoms with Gasteiger partial charge in [-0.15, -0.1) is 0 Å². The molecule has 0 fully saturated rings. The molecule has 0 aliphatic rings. The highest BCUT2D eigenvalue weighted by Gasteiger charge is 2.24. The molecule has 1 N–H and O–H groups in total. The SMILES string of the molecule is CCN(c1cccc(F)c1)S(=O)(=O)c1ccc(NC)nc1. The van der Waals surface area contributed by atoms with Gasteiger partial charge in [-0.1, -0.05) is 6.07 Å². The fourth-order valence-electron chi connectivity index (χ4n) is 1.93. The minimum Gasteiger partial charge on any atom is -0.373 e. The number of halogens is 1. The van der Waals surface area contributed by atoms with Crippen molar-refractivity contribution in [1.29, 1.82) is 0 Å². The number of aromatic nitrogens is 1. The number of pyridine rings is 1. The molecule has 5 nitrogen and oxygen atoms in total. The second-order valence-electron chi connectivity index (χ2n) is 4.28. The van der Waals surface area contributed by atoms with Crippen LogP contribution in [0.5, 0.6) is 0 Å². The lowest BCUT2D eigenvalue weighted by Gasteiger charge is -2.22. The van der Waals surface area contributed by atoms with Gasteiger partial charge in [0.1, 0.15) is 16.5 Å². The molecule has 0 spiro atoms. The zero-order valence-corrected chi connectivity index (χ0v) is 12.6. The topological polar surface area (TPSA) is 62.3 Å². The number of rotatable bonds is 5. The van der Waals surface area contributed by atoms with Gasteiger partial charge in [0.2, 0.25) is 0 Å². The third kappa shape index (κ3) is 3.13. The Bertz CT molecular complexity index is 717. The second kappa shape index (κ2) is 6.09. The molecule has 7 heteroatoms. The summed E-state index contributed by atoms with van der Waals surface area (Å²) in [5.41, 5.74) is 0.287. The number of sulfonamides is 1. The molecule has 0 aliphatic carbocycles. The Morgan fingerprint density at radius 2 is 2.05 bits per heavy atom. The van der Waals surface area contributed by atoms with Crippen molar-refractivity contribution >= 4 is 21.5 Å². The van der Waals surface area contributed by atoms with Crippen LogP contribution in [-0.2, 0) is 10.0 Å². The molecular formula is C14H16FN3O2S. The Balaban J connectivity index is 2.44. The van der Waals surface area contributed by atoms with E-state index in [4.69, 9.17) is 0 Å². The van der Waals surface area contributed by atoms with Crippen LogP contribution in [0.1, 0.15) is 6.92 Å². The van der Waals surface area contributed by atoms with Crippen LogP contribution in [0.3, 0.4) is 0 Å². The monoisotopic (exact) mass is 309 g/mol. The summed E-state index contributed by atoms with van der Waals surface area (Å²) < 4.78 is 39.7. The lowest BCUT2D eigenvalue weighted by atomic mass is 10.3. The number of benzene rings is 1. The van der Waals surface area contributed by atoms with Gasteiger partial charge in [0.15, 0.2) is 0 Å². The predicted octanol–water partition coefficient (Wildman–Crippen LogP) is 2.48. The van der Waals surface area contributed by atoms with Gasteiger partial charge in [0.05, 0.1) is 5.69 Å². The van der Waals surface area contributed by atoms with Crippen molar-refractivity contribution in [2.75, 3.05) is 23.2 Å². The van der Waals surface area contributed by atoms with Crippen molar-refractivity contribution in [3.8, 4) is 0 Å². The molecular weight excluding hydrogens is 293 g/mol. The number of nitrogens with one attached hydrogen (secondary N) is 1. The highest BCUT2D eigenvalue weighted by molar-refractivity contribution is 7.92. The molecule has 0 saturated heterocycles. The predicted molar refractivity (Wildman–Crippen MR) is 80.4 cm³/mol. The minimum atomic E-state index is -3.77. The van der Waals surface area contributed by atoms with Gasteiger partial charge in [-0.3, -0.25) is 4.31 Å². The quantitative estimate of drug-likeness (QED) is 0.921. The third-order valence-corrected chi connectivity index (χ3v) is 4.85. The summed E-state index contributed by atoms with van der Waals surface area (Å²) in [7, 11) is -2.07. The van der Waals surface area contributed by atoms with E-state index < -0.39 is 15.8 Å². The minimum absolute atomic E-state index is 0.0626. The first-order valence-electron chi connectivity index (χ1n) is 6.41. The van der Waals surface area contributed by atoms with E-state index in [1.165, 1.54) is 30.5 Å². The molecule has 0 aliphatic heterocycles. The normalized spacial score (nSPS) is 11.2. The third-order valence-electron chi connectivity index (χ3n) is 2.96. The molecule has 1 aromatic carbocycles. The molecule has 0 amide bonds. The summed E-state index contributed by atoms with van der Waals surface area (Å²) in [6, 6.07) is 8.54. The highest BCUT2D eigenvalue weighted by Crippen LogP contribution is 2.24. The molecule has 1 aromatic heterocycles. The second-order valence-corrected chi connectivity index (χ2v) is 6.14. The summed E-state index contributed by atoms with van der Waals surface area (Å²) >= 11 is 0. The van der Waals surface area contributed by atoms with Crippen molar-refractivity contribution < 1.29 is 12.8 Å². The fourth-order valence-corrected chi connectivity index (χ4v) is 3.34. The molecule has 112 valence electrons. The summed E-state index contributed by atoms with van der Waals surface area (Å²) in [4.78, 5) is 4.06. The van der Waals surface area contributed by atoms with E-state index in [1.54, 1.807) is 26.1 Å². The average Bonchev–Trinajstić information content (AvgIpc) is 2.48. The van der Waals surface area contributed by atoms with Gasteiger partial charge in [-0.2, -0.15) is 0 Å². The van der Waals surface area contributed by atoms with Gasteiger partial charge in [-0.05, 0) is 37.3 Å². The number of hydrogen-bond donors (Lipinski definition) is 1. The molecule has 0 atom stereocenters. The maximum Gasteiger partial charge on any atom is 0.265 e. The van der Waals surface area contributed by atoms with E-state index in [0.29, 0.717) is 5.82 Å². The van der Waals surface area contributed by atoms with E-state index >= 15 is 0 Å². The van der Waals surface area contributed by atoms with Gasteiger partial charge >= 0.3 is 0 Å². The number of nitrogens with zero attached hydrogens (tertiary/aromatic N) is 2. The van der Waals surface area contributed by atoms with E-state index in [0.717, 1.165) is 4.31 Å². The van der Waals surface area contributed by atoms with Crippen molar-refractivity contribution in [2.45, 2.75) is 11.8 Å². The van der Waals surface area contributed by atoms with E-state index in [2.05, 4.69) is 10.3 Å². The summed E-state index contributed by atoms with van der Waals surface area (Å²) in [6.07, 6.45) is 1.28. The first-order valence-corrected chi connectivity index (χ1v) is 7.85. The zero-order chi connectivity index (χ0) is 15.5. The van der Waals surface area contributed by atoms with Crippen LogP contribution in [0.25, 0.3) is 0 Å². The molecule has 2 rings (SSSR count). The molecule has 1 heterocycles. The highest BCUT2D eigenvalue weighted by atomic mass is 32.2. The van der Waals surface area contributed by atoms with Gasteiger partial charge in [-0.25, -0.2) is 17.8 Å². The van der Waals surface area contributed by atoms with Crippen LogP contribution >= 0.6 is 0 Å². The maximum atomic E-state index is 13.3. The summed E-state index contributed by atoms with van der Waals surface area (Å²) in [5, 5.41) is 2.82. The Labute approximate surface area is 123 Å². The van der Waals surface area contributed by atoms with Gasteiger partial charge in [0, 0.05) is 19.8 Å². The molecule has 0 unspecified atom stereocenters. The van der Waals surface area contributed by atoms with E-state index in [1.807, 2.05) is 0 Å². The molecule has 0 radical (unpaired) electrons. The Kier molecular flexibility index (Phi) is 4.42. The first-order chi connectivity index (χ1) is 9.98. The Morgan fingerprint density at radius 3 is 2.57 bits per heavy atom. The lowest BCUT2D eigenvalue weighted by molar-refractivity contribution is 0.591. The first kappa shape index (κ1) is 15.2. The molecule has 0 bridgehead atoms. The smallest absolute Gasteiger partial charge is 0.265 e. The van der Waals surface area contributed by atoms with E-state index in [9.17, 15) is 12.8 Å². The summed E-state index contributed by atoms with van der Waals surface area (Å²) in [5.74, 6) is 0.0903. The lowest BCUT2D eigenvalue weighted by Crippen LogP contribution is -2.30. The van der Waals surface area contributed by atoms with Gasteiger partial charge in [0.25, 0.3) is 10.0 Å². The van der Waals surface area contributed by atoms with Crippen LogP contribution in [0.15, 0.2) is 47.5 Å². The van der Waals surface area contributed by atoms with Crippen LogP contribution in [0.4, 0.5) is 15.9 Å². The number of anilines is 2. The van der Waals surface area contributed by atoms with Crippen molar-refractivity contribution in [3.05, 3.63) is 48.4 Å². The van der Waals surface area contributed by atoms with E-state index in [-0.39, 0.29) is 17.1 Å². The Morgan fingerprint density at radius 1 is 1.29 bits per heavy atom. The van der Waals surface area contributed by atoms with Crippen molar-refractivity contribution in [2.24, 2.45) is 0 Å². The molecule has 0 saturated carbocycles. The van der Waals surface area contributed by atoms with Crippen molar-refractivity contribution in [3.63, 3.8) is 0 Å². The fraction of sp³-hybridized carbons (Fsp3) is 0.214. The van der Waals surface area contributed by atoms with Crippen molar-refractivity contribution in [1.82, 2.24) is 4.98 Å². The van der Waals surface area contributed by atoms with Crippen LogP contribution < -0.4 is 9.62 Å². The molecule has 21 heavy (non-hydrogen) atoms. The average molecular weight is 309 g/mol. The summed E-state index contributed by atoms with van der Waals surface area (Å²) in [6.45, 7) is 1.89. The van der Waals surface area contributed by atoms with Crippen LogP contribution in [0, 0.1) is 5.82 Å². The number of hydrogen-bond acceptors (Lipinski definition) is 4. The maximum absolute atomic E-state index is 13.3. The standard InChI is InChI=1S/C14H16FN3O2S/c1-3-18(12-6-4-5-11(15)9-12)21(19,20)13-7-8-14(16-2)17-10-13/h4-10H,3H2,1-2H3,(H,16,17).